The Morgan fingerprint density at radius 2 is 1.55 bits per heavy atom. The Morgan fingerprint density at radius 1 is 0.903 bits per heavy atom. The summed E-state index contributed by atoms with van der Waals surface area (Å²) in [6, 6.07) is 16.5. The lowest BCUT2D eigenvalue weighted by molar-refractivity contribution is -0.122. The summed E-state index contributed by atoms with van der Waals surface area (Å²) in [5.74, 6) is 0.124. The molecule has 31 heavy (non-hydrogen) atoms. The van der Waals surface area contributed by atoms with Gasteiger partial charge in [0.05, 0.1) is 17.2 Å². The fourth-order valence-corrected chi connectivity index (χ4v) is 4.75. The second kappa shape index (κ2) is 8.92. The van der Waals surface area contributed by atoms with Crippen LogP contribution in [0.15, 0.2) is 54.6 Å². The first kappa shape index (κ1) is 21.1. The van der Waals surface area contributed by atoms with E-state index in [1.165, 1.54) is 0 Å². The van der Waals surface area contributed by atoms with E-state index in [4.69, 9.17) is 0 Å². The number of nitrogens with zero attached hydrogens (tertiary/aromatic N) is 2. The minimum absolute atomic E-state index is 0.0530. The van der Waals surface area contributed by atoms with Crippen molar-refractivity contribution in [2.75, 3.05) is 29.9 Å². The van der Waals surface area contributed by atoms with Crippen LogP contribution in [0.4, 0.5) is 11.4 Å². The van der Waals surface area contributed by atoms with Crippen LogP contribution in [0.5, 0.6) is 0 Å². The summed E-state index contributed by atoms with van der Waals surface area (Å²) in [5, 5.41) is 2.92. The van der Waals surface area contributed by atoms with Gasteiger partial charge in [0.2, 0.25) is 11.8 Å². The third-order valence-corrected chi connectivity index (χ3v) is 6.14. The second-order valence-electron chi connectivity index (χ2n) is 8.93. The summed E-state index contributed by atoms with van der Waals surface area (Å²) < 4.78 is 0. The number of benzene rings is 2. The molecule has 6 nitrogen and oxygen atoms in total. The van der Waals surface area contributed by atoms with Crippen LogP contribution < -0.4 is 10.2 Å². The Kier molecular flexibility index (Phi) is 6.07. The van der Waals surface area contributed by atoms with Gasteiger partial charge in [0, 0.05) is 31.7 Å². The number of nitrogens with one attached hydrogen (secondary N) is 1. The molecule has 2 fully saturated rings. The fourth-order valence-electron chi connectivity index (χ4n) is 4.75. The topological polar surface area (TPSA) is 69.7 Å². The highest BCUT2D eigenvalue weighted by Crippen LogP contribution is 2.28. The molecule has 3 unspecified atom stereocenters. The molecule has 2 saturated heterocycles. The zero-order valence-electron chi connectivity index (χ0n) is 18.1. The number of hydrogen-bond donors (Lipinski definition) is 1. The minimum atomic E-state index is -0.453. The number of rotatable bonds is 4. The van der Waals surface area contributed by atoms with Crippen molar-refractivity contribution in [2.24, 2.45) is 17.8 Å². The van der Waals surface area contributed by atoms with E-state index < -0.39 is 5.92 Å². The highest BCUT2D eigenvalue weighted by molar-refractivity contribution is 6.07. The average Bonchev–Trinajstić information content (AvgIpc) is 3.15. The molecule has 0 saturated carbocycles. The van der Waals surface area contributed by atoms with Crippen LogP contribution in [0.2, 0.25) is 0 Å². The molecule has 0 aromatic heterocycles. The van der Waals surface area contributed by atoms with Gasteiger partial charge in [0.15, 0.2) is 0 Å². The van der Waals surface area contributed by atoms with Crippen LogP contribution >= 0.6 is 0 Å². The third-order valence-electron chi connectivity index (χ3n) is 6.14. The van der Waals surface area contributed by atoms with E-state index in [2.05, 4.69) is 19.2 Å². The molecule has 3 amide bonds. The van der Waals surface area contributed by atoms with Gasteiger partial charge in [-0.3, -0.25) is 14.4 Å². The van der Waals surface area contributed by atoms with E-state index in [9.17, 15) is 14.4 Å². The van der Waals surface area contributed by atoms with Crippen molar-refractivity contribution in [1.29, 1.82) is 0 Å². The van der Waals surface area contributed by atoms with Gasteiger partial charge in [-0.05, 0) is 42.5 Å². The molecular formula is C25H29N3O3. The third kappa shape index (κ3) is 4.63. The quantitative estimate of drug-likeness (QED) is 0.820. The second-order valence-corrected chi connectivity index (χ2v) is 8.93. The predicted octanol–water partition coefficient (Wildman–Crippen LogP) is 3.80. The smallest absolute Gasteiger partial charge is 0.255 e. The van der Waals surface area contributed by atoms with Gasteiger partial charge in [-0.1, -0.05) is 44.2 Å². The van der Waals surface area contributed by atoms with Crippen molar-refractivity contribution in [3.63, 3.8) is 0 Å². The summed E-state index contributed by atoms with van der Waals surface area (Å²) >= 11 is 0. The largest absolute Gasteiger partial charge is 0.338 e. The van der Waals surface area contributed by atoms with E-state index in [0.717, 1.165) is 25.2 Å². The molecule has 3 atom stereocenters. The molecular weight excluding hydrogens is 390 g/mol. The standard InChI is InChI=1S/C25H29N3O3/c1-17-12-18(2)15-27(14-17)25(31)21-10-6-7-11-22(21)26-24(30)19-13-23(29)28(16-19)20-8-4-3-5-9-20/h3-11,17-19H,12-16H2,1-2H3,(H,26,30). The Labute approximate surface area is 183 Å². The normalized spacial score (nSPS) is 23.7. The van der Waals surface area contributed by atoms with Crippen LogP contribution in [0.25, 0.3) is 0 Å². The number of carbonyl (C=O) groups is 3. The first-order valence-corrected chi connectivity index (χ1v) is 11.0. The van der Waals surface area contributed by atoms with Crippen LogP contribution in [-0.4, -0.2) is 42.3 Å². The number of likely N-dealkylation sites (tertiary alicyclic amines) is 1. The average molecular weight is 420 g/mol. The number of para-hydroxylation sites is 2. The van der Waals surface area contributed by atoms with Crippen molar-refractivity contribution in [3.05, 3.63) is 60.2 Å². The van der Waals surface area contributed by atoms with E-state index in [-0.39, 0.29) is 24.1 Å². The predicted molar refractivity (Wildman–Crippen MR) is 121 cm³/mol. The highest BCUT2D eigenvalue weighted by Gasteiger charge is 2.35. The van der Waals surface area contributed by atoms with Gasteiger partial charge < -0.3 is 15.1 Å². The summed E-state index contributed by atoms with van der Waals surface area (Å²) in [6.07, 6.45) is 1.29. The molecule has 2 aromatic carbocycles. The SMILES string of the molecule is CC1CC(C)CN(C(=O)c2ccccc2NC(=O)C2CC(=O)N(c3ccccc3)C2)C1. The monoisotopic (exact) mass is 419 g/mol. The van der Waals surface area contributed by atoms with Crippen LogP contribution in [0.3, 0.4) is 0 Å². The summed E-state index contributed by atoms with van der Waals surface area (Å²) in [7, 11) is 0. The summed E-state index contributed by atoms with van der Waals surface area (Å²) in [4.78, 5) is 42.2. The van der Waals surface area contributed by atoms with Gasteiger partial charge in [-0.25, -0.2) is 0 Å². The van der Waals surface area contributed by atoms with E-state index >= 15 is 0 Å². The van der Waals surface area contributed by atoms with Gasteiger partial charge >= 0.3 is 0 Å². The molecule has 6 heteroatoms. The van der Waals surface area contributed by atoms with Crippen molar-refractivity contribution in [1.82, 2.24) is 4.90 Å². The Balaban J connectivity index is 1.47. The maximum absolute atomic E-state index is 13.2. The lowest BCUT2D eigenvalue weighted by Crippen LogP contribution is -2.42. The molecule has 0 bridgehead atoms. The number of piperidine rings is 1. The summed E-state index contributed by atoms with van der Waals surface area (Å²) in [6.45, 7) is 6.13. The van der Waals surface area contributed by atoms with Gasteiger partial charge in [0.1, 0.15) is 0 Å². The number of carbonyl (C=O) groups excluding carboxylic acids is 3. The minimum Gasteiger partial charge on any atom is -0.338 e. The molecule has 0 aliphatic carbocycles. The molecule has 0 spiro atoms. The molecule has 0 radical (unpaired) electrons. The fraction of sp³-hybridized carbons (Fsp3) is 0.400. The number of amides is 3. The van der Waals surface area contributed by atoms with Gasteiger partial charge in [0.25, 0.3) is 5.91 Å². The lowest BCUT2D eigenvalue weighted by Gasteiger charge is -2.35. The van der Waals surface area contributed by atoms with Crippen molar-refractivity contribution < 1.29 is 14.4 Å². The first-order valence-electron chi connectivity index (χ1n) is 11.0. The summed E-state index contributed by atoms with van der Waals surface area (Å²) in [5.41, 5.74) is 1.81. The maximum atomic E-state index is 13.2. The van der Waals surface area contributed by atoms with Crippen molar-refractivity contribution >= 4 is 29.1 Å². The lowest BCUT2D eigenvalue weighted by atomic mass is 9.91. The van der Waals surface area contributed by atoms with E-state index in [0.29, 0.717) is 29.6 Å². The Morgan fingerprint density at radius 3 is 2.26 bits per heavy atom. The highest BCUT2D eigenvalue weighted by atomic mass is 16.2. The molecule has 2 heterocycles. The maximum Gasteiger partial charge on any atom is 0.255 e. The van der Waals surface area contributed by atoms with Crippen LogP contribution in [0, 0.1) is 17.8 Å². The van der Waals surface area contributed by atoms with Gasteiger partial charge in [-0.2, -0.15) is 0 Å². The van der Waals surface area contributed by atoms with Crippen LogP contribution in [-0.2, 0) is 9.59 Å². The van der Waals surface area contributed by atoms with Crippen molar-refractivity contribution in [3.8, 4) is 0 Å². The zero-order valence-corrected chi connectivity index (χ0v) is 18.1. The van der Waals surface area contributed by atoms with E-state index in [1.807, 2.05) is 47.4 Å². The number of hydrogen-bond acceptors (Lipinski definition) is 3. The number of anilines is 2. The molecule has 2 aliphatic rings. The molecule has 162 valence electrons. The Bertz CT molecular complexity index is 965. The Hall–Kier alpha value is -3.15. The van der Waals surface area contributed by atoms with E-state index in [1.54, 1.807) is 17.0 Å². The van der Waals surface area contributed by atoms with Crippen LogP contribution in [0.1, 0.15) is 37.0 Å². The molecule has 4 rings (SSSR count). The molecule has 1 N–H and O–H groups in total. The molecule has 2 aromatic rings. The zero-order chi connectivity index (χ0) is 22.0. The van der Waals surface area contributed by atoms with Crippen molar-refractivity contribution in [2.45, 2.75) is 26.7 Å². The molecule has 2 aliphatic heterocycles. The first-order chi connectivity index (χ1) is 14.9. The van der Waals surface area contributed by atoms with Gasteiger partial charge in [-0.15, -0.1) is 0 Å².